The van der Waals surface area contributed by atoms with Crippen LogP contribution < -0.4 is 28.8 Å². The van der Waals surface area contributed by atoms with Crippen molar-refractivity contribution in [2.24, 2.45) is 5.14 Å². The first kappa shape index (κ1) is 99.0. The number of aromatic hydroxyl groups is 1. The first-order valence-corrected chi connectivity index (χ1v) is 45.6. The van der Waals surface area contributed by atoms with E-state index in [1.807, 2.05) is 109 Å². The number of nitrogens with zero attached hydrogens (tertiary/aromatic N) is 4. The number of aliphatic hydroxyl groups excluding tert-OH is 4. The Bertz CT molecular complexity index is 6390. The molecule has 15 rings (SSSR count). The van der Waals surface area contributed by atoms with Gasteiger partial charge in [0.25, 0.3) is 17.7 Å². The van der Waals surface area contributed by atoms with Crippen molar-refractivity contribution in [1.82, 2.24) is 32.4 Å². The highest BCUT2D eigenvalue weighted by molar-refractivity contribution is 7.86. The minimum absolute atomic E-state index is 0.150. The fourth-order valence-electron chi connectivity index (χ4n) is 14.6. The number of carbonyl (C=O) groups is 9. The molecule has 44 nitrogen and oxygen atoms in total. The number of benzene rings is 7. The van der Waals surface area contributed by atoms with Crippen LogP contribution >= 0.6 is 0 Å². The van der Waals surface area contributed by atoms with Crippen molar-refractivity contribution >= 4 is 138 Å². The fraction of sp³-hybridized carbons (Fsp3) is 0.306. The van der Waals surface area contributed by atoms with Crippen LogP contribution in [-0.2, 0) is 125 Å². The van der Waals surface area contributed by atoms with Crippen molar-refractivity contribution in [1.29, 1.82) is 0 Å². The first-order chi connectivity index (χ1) is 63.0. The third-order valence-corrected chi connectivity index (χ3v) is 23.3. The van der Waals surface area contributed by atoms with E-state index in [1.165, 1.54) is 86.6 Å². The van der Waals surface area contributed by atoms with Crippen LogP contribution in [-0.4, -0.2) is 231 Å². The van der Waals surface area contributed by atoms with Crippen molar-refractivity contribution in [3.8, 4) is 17.2 Å². The zero-order chi connectivity index (χ0) is 96.1. The predicted octanol–water partition coefficient (Wildman–Crippen LogP) is 4.18. The Morgan fingerprint density at radius 3 is 0.902 bits per heavy atom. The number of hydrogen-bond acceptors (Lipinski definition) is 36. The van der Waals surface area contributed by atoms with Gasteiger partial charge < -0.3 is 91.2 Å². The number of phenols is 1. The summed E-state index contributed by atoms with van der Waals surface area (Å²) in [7, 11) is -18.2. The number of ether oxygens (including phenoxy) is 10. The van der Waals surface area contributed by atoms with Gasteiger partial charge in [-0.05, 0) is 106 Å². The molecule has 48 heteroatoms. The molecule has 4 aromatic heterocycles. The molecule has 3 amide bonds. The summed E-state index contributed by atoms with van der Waals surface area (Å²) in [6.07, 6.45) is -11.7. The van der Waals surface area contributed by atoms with Crippen LogP contribution in [0.3, 0.4) is 0 Å². The maximum Gasteiger partial charge on any atom is 0.362 e. The van der Waals surface area contributed by atoms with Gasteiger partial charge in [0.15, 0.2) is 49.3 Å². The highest BCUT2D eigenvalue weighted by Crippen LogP contribution is 2.41. The lowest BCUT2D eigenvalue weighted by Crippen LogP contribution is -2.41. The van der Waals surface area contributed by atoms with Gasteiger partial charge in [-0.2, -0.15) is 33.7 Å². The highest BCUT2D eigenvalue weighted by Gasteiger charge is 2.53. The smallest absolute Gasteiger partial charge is 0.362 e. The molecule has 708 valence electrons. The lowest BCUT2D eigenvalue weighted by atomic mass is 10.1. The van der Waals surface area contributed by atoms with E-state index in [1.54, 1.807) is 69.4 Å². The number of rotatable bonds is 28. The number of carbonyl (C=O) groups excluding carboxylic acids is 9. The van der Waals surface area contributed by atoms with E-state index < -0.39 is 225 Å². The number of nitrogens with one attached hydrogen (secondary N) is 3. The van der Waals surface area contributed by atoms with Gasteiger partial charge in [-0.25, -0.2) is 19.3 Å². The summed E-state index contributed by atoms with van der Waals surface area (Å²) >= 11 is 0. The number of nitrogens with two attached hydrogens (primary N) is 1. The summed E-state index contributed by atoms with van der Waals surface area (Å²) < 4.78 is 182. The molecule has 0 aliphatic carbocycles. The van der Waals surface area contributed by atoms with E-state index >= 15 is 0 Å². The van der Waals surface area contributed by atoms with E-state index in [0.717, 1.165) is 71.3 Å². The van der Waals surface area contributed by atoms with E-state index in [2.05, 4.69) is 4.18 Å². The van der Waals surface area contributed by atoms with Crippen LogP contribution in [0.1, 0.15) is 97.5 Å². The number of amides is 3. The molecule has 4 saturated heterocycles. The molecular weight excluding hydrogens is 1840 g/mol. The second kappa shape index (κ2) is 42.7. The third kappa shape index (κ3) is 25.1. The number of hydrogen-bond donors (Lipinski definition) is 9. The van der Waals surface area contributed by atoms with Gasteiger partial charge in [0.2, 0.25) is 0 Å². The molecule has 0 spiro atoms. The Labute approximate surface area is 757 Å². The molecule has 133 heavy (non-hydrogen) atoms. The SMILES string of the molecule is CC(=O)Oc1ccccc1C(=O)NS(=O)(=O)OC[C@H]1O[C@@H](n2ccc3ccccc32)[C@H](OC(C)=O)[C@@H]1OC(C)=O.CC(=O)Oc1ccccc1C(=O)NS(=O)(=O)OC[C@H]1O[C@@H](n2ccc3ccccc32)[C@H](OC(C)=O)[C@@H]1OC(C)=O.NS(=O)(=O)OC[C@H]1O[C@@H](n2ccc3ccccc32)[C@H](O)[C@@H]1O.O=C(NS(=O)(=O)OC[C@H]1O[C@@H](n2ccc3ccccc32)[C@H](O)[C@@H]1O)c1ccccc1O. The summed E-state index contributed by atoms with van der Waals surface area (Å²) in [6, 6.07) is 53.2. The van der Waals surface area contributed by atoms with Crippen molar-refractivity contribution < 1.29 is 166 Å². The zero-order valence-corrected chi connectivity index (χ0v) is 74.0. The van der Waals surface area contributed by atoms with Crippen LogP contribution in [0.15, 0.2) is 219 Å². The van der Waals surface area contributed by atoms with E-state index in [-0.39, 0.29) is 28.2 Å². The third-order valence-electron chi connectivity index (χ3n) is 20.2. The van der Waals surface area contributed by atoms with Crippen molar-refractivity contribution in [3.63, 3.8) is 0 Å². The Kier molecular flexibility index (Phi) is 31.8. The Hall–Kier alpha value is -13.0. The number of fused-ring (bicyclic) bond motifs is 4. The molecule has 0 bridgehead atoms. The molecule has 16 atom stereocenters. The summed E-state index contributed by atoms with van der Waals surface area (Å²) in [6.45, 7) is 4.35. The summed E-state index contributed by atoms with van der Waals surface area (Å²) in [5, 5.41) is 58.8. The van der Waals surface area contributed by atoms with E-state index in [0.29, 0.717) is 0 Å². The molecule has 7 aromatic carbocycles. The van der Waals surface area contributed by atoms with Crippen LogP contribution in [0.25, 0.3) is 43.6 Å². The normalized spacial score (nSPS) is 22.8. The topological polar surface area (TPSA) is 602 Å². The van der Waals surface area contributed by atoms with Crippen molar-refractivity contribution in [2.45, 2.75) is 140 Å². The maximum absolute atomic E-state index is 12.7. The summed E-state index contributed by atoms with van der Waals surface area (Å²) in [4.78, 5) is 108. The predicted molar refractivity (Wildman–Crippen MR) is 459 cm³/mol. The molecule has 4 aliphatic rings. The van der Waals surface area contributed by atoms with Crippen LogP contribution in [0.2, 0.25) is 0 Å². The van der Waals surface area contributed by atoms with Crippen LogP contribution in [0.5, 0.6) is 17.2 Å². The summed E-state index contributed by atoms with van der Waals surface area (Å²) in [5.41, 5.74) is 2.33. The number of aliphatic hydroxyl groups is 4. The first-order valence-electron chi connectivity index (χ1n) is 39.9. The van der Waals surface area contributed by atoms with Crippen LogP contribution in [0, 0.1) is 0 Å². The van der Waals surface area contributed by atoms with Crippen molar-refractivity contribution in [2.75, 3.05) is 26.4 Å². The minimum atomic E-state index is -4.74. The lowest BCUT2D eigenvalue weighted by molar-refractivity contribution is -0.165. The monoisotopic (exact) mass is 1920 g/mol. The Morgan fingerprint density at radius 2 is 0.586 bits per heavy atom. The second-order valence-electron chi connectivity index (χ2n) is 29.6. The molecule has 4 fully saturated rings. The zero-order valence-electron chi connectivity index (χ0n) is 70.7. The molecule has 8 heterocycles. The number of para-hydroxylation sites is 7. The van der Waals surface area contributed by atoms with Gasteiger partial charge in [0.05, 0.1) is 65.2 Å². The second-order valence-corrected chi connectivity index (χ2v) is 34.9. The number of aromatic nitrogens is 4. The minimum Gasteiger partial charge on any atom is -0.507 e. The molecule has 10 N–H and O–H groups in total. The molecular formula is C85H88N8O36S4. The molecule has 0 unspecified atom stereocenters. The Morgan fingerprint density at radius 1 is 0.323 bits per heavy atom. The average molecular weight is 1930 g/mol. The number of esters is 6. The largest absolute Gasteiger partial charge is 0.507 e. The standard InChI is InChI=1S/2C26H26N2O11S.C20H20N2O8S.C13H16N2O6S/c2*1-15(29)36-21-11-7-5-9-19(21)25(32)27-40(33,34)35-14-22-23(37-16(2)30)24(38-17(3)31)26(39-22)28-13-12-18-8-4-6-10-20(18)28;23-15-8-4-2-6-13(15)19(26)21-31(27,28)29-11-16-17(24)18(25)20(30-16)22-10-9-12-5-1-3-7-14(12)22;14-22(18,19)20-7-10-11(16)12(17)13(21-10)15-6-5-8-3-1-2-4-9(8)15/h2*4-13,22-24,26H,14H2,1-3H3,(H,27,32);1-10,16-18,20,23-25H,11H2,(H,21,26);1-6,10-13,16-17H,7H2,(H2,14,18,19)/t2*22-,23-,24-,26-;16-,17-,18-,20-;10-,11-,12-,13-/m1111/s1. The molecule has 0 radical (unpaired) electrons. The average Bonchev–Trinajstić information content (AvgIpc) is 1.62. The Balaban J connectivity index is 0.000000163. The van der Waals surface area contributed by atoms with Crippen LogP contribution in [0.4, 0.5) is 0 Å². The van der Waals surface area contributed by atoms with Gasteiger partial charge in [-0.3, -0.25) is 59.9 Å². The lowest BCUT2D eigenvalue weighted by Gasteiger charge is -2.24. The quantitative estimate of drug-likeness (QED) is 0.0189. The molecule has 0 saturated carbocycles. The highest BCUT2D eigenvalue weighted by atomic mass is 32.2. The van der Waals surface area contributed by atoms with Gasteiger partial charge in [0.1, 0.15) is 66.1 Å². The number of phenolic OH excluding ortho intramolecular Hbond substituents is 1. The fourth-order valence-corrected chi connectivity index (χ4v) is 17.1. The van der Waals surface area contributed by atoms with Gasteiger partial charge in [-0.1, -0.05) is 109 Å². The van der Waals surface area contributed by atoms with Crippen molar-refractivity contribution in [3.05, 3.63) is 236 Å². The maximum atomic E-state index is 12.7. The van der Waals surface area contributed by atoms with E-state index in [9.17, 15) is 102 Å². The van der Waals surface area contributed by atoms with Gasteiger partial charge in [0, 0.05) is 66.3 Å². The van der Waals surface area contributed by atoms with Gasteiger partial charge in [-0.15, -0.1) is 0 Å². The molecule has 11 aromatic rings. The summed E-state index contributed by atoms with van der Waals surface area (Å²) in [5.74, 6) is -8.24. The molecule has 4 aliphatic heterocycles. The van der Waals surface area contributed by atoms with E-state index in [4.69, 9.17) is 65.1 Å². The van der Waals surface area contributed by atoms with Gasteiger partial charge >= 0.3 is 77.0 Å².